The number of Topliss-reactive ketones (excluding diaryl/α,β-unsaturated/α-hetero) is 1. The highest BCUT2D eigenvalue weighted by Gasteiger charge is 2.57. The average molecular weight is 495 g/mol. The maximum Gasteiger partial charge on any atom is 0.327 e. The van der Waals surface area contributed by atoms with Crippen molar-refractivity contribution in [1.82, 2.24) is 4.90 Å². The highest BCUT2D eigenvalue weighted by molar-refractivity contribution is 6.01. The highest BCUT2D eigenvalue weighted by Crippen LogP contribution is 2.51. The van der Waals surface area contributed by atoms with E-state index in [1.807, 2.05) is 57.2 Å². The van der Waals surface area contributed by atoms with Crippen molar-refractivity contribution in [2.75, 3.05) is 0 Å². The quantitative estimate of drug-likeness (QED) is 0.449. The molecule has 6 heteroatoms. The van der Waals surface area contributed by atoms with E-state index in [1.54, 1.807) is 48.5 Å². The number of nitriles is 1. The van der Waals surface area contributed by atoms with Gasteiger partial charge in [0.05, 0.1) is 23.6 Å². The van der Waals surface area contributed by atoms with Crippen molar-refractivity contribution < 1.29 is 19.5 Å². The van der Waals surface area contributed by atoms with Gasteiger partial charge in [0.25, 0.3) is 0 Å². The van der Waals surface area contributed by atoms with Gasteiger partial charge in [-0.1, -0.05) is 93.6 Å². The van der Waals surface area contributed by atoms with E-state index in [-0.39, 0.29) is 23.5 Å². The summed E-state index contributed by atoms with van der Waals surface area (Å²) in [4.78, 5) is 42.4. The lowest BCUT2D eigenvalue weighted by Gasteiger charge is -2.32. The molecule has 37 heavy (non-hydrogen) atoms. The normalized spacial score (nSPS) is 21.3. The van der Waals surface area contributed by atoms with Crippen LogP contribution >= 0.6 is 0 Å². The van der Waals surface area contributed by atoms with Gasteiger partial charge >= 0.3 is 5.97 Å². The molecule has 3 aromatic rings. The van der Waals surface area contributed by atoms with Gasteiger partial charge in [0.1, 0.15) is 6.04 Å². The third-order valence-electron chi connectivity index (χ3n) is 6.82. The molecule has 0 radical (unpaired) electrons. The lowest BCUT2D eigenvalue weighted by molar-refractivity contribution is -0.151. The van der Waals surface area contributed by atoms with Gasteiger partial charge in [-0.3, -0.25) is 9.59 Å². The minimum Gasteiger partial charge on any atom is -0.480 e. The number of likely N-dealkylation sites (tertiary alicyclic amines) is 1. The number of hydrogen-bond donors (Lipinski definition) is 1. The standard InChI is InChI=1S/C31H30N2O4/c1-31(2,3)18-24(34)33-27(22-16-14-20(19-32)15-17-22)26(29(35)23-12-8-5-9-13-23)25(28(33)30(36)37)21-10-6-4-7-11-21/h4-17,25-28H,18H2,1-3H3,(H,36,37). The predicted octanol–water partition coefficient (Wildman–Crippen LogP) is 5.61. The molecule has 1 heterocycles. The number of hydrogen-bond acceptors (Lipinski definition) is 4. The second kappa shape index (κ2) is 10.4. The van der Waals surface area contributed by atoms with Gasteiger partial charge < -0.3 is 10.0 Å². The van der Waals surface area contributed by atoms with Crippen LogP contribution in [0.2, 0.25) is 0 Å². The zero-order chi connectivity index (χ0) is 26.7. The number of ketones is 1. The molecule has 1 saturated heterocycles. The fourth-order valence-electron chi connectivity index (χ4n) is 5.33. The Balaban J connectivity index is 1.98. The molecule has 1 amide bonds. The lowest BCUT2D eigenvalue weighted by atomic mass is 9.76. The maximum atomic E-state index is 14.2. The summed E-state index contributed by atoms with van der Waals surface area (Å²) >= 11 is 0. The Morgan fingerprint density at radius 1 is 0.865 bits per heavy atom. The second-order valence-corrected chi connectivity index (χ2v) is 10.7. The van der Waals surface area contributed by atoms with E-state index in [1.165, 1.54) is 4.90 Å². The number of benzene rings is 3. The first-order valence-electron chi connectivity index (χ1n) is 12.3. The van der Waals surface area contributed by atoms with Crippen LogP contribution in [0.15, 0.2) is 84.9 Å². The zero-order valence-electron chi connectivity index (χ0n) is 21.2. The van der Waals surface area contributed by atoms with E-state index in [0.29, 0.717) is 22.3 Å². The molecule has 1 aliphatic rings. The van der Waals surface area contributed by atoms with Crippen LogP contribution in [-0.4, -0.2) is 33.7 Å². The van der Waals surface area contributed by atoms with Crippen molar-refractivity contribution in [3.05, 3.63) is 107 Å². The maximum absolute atomic E-state index is 14.2. The summed E-state index contributed by atoms with van der Waals surface area (Å²) in [5.41, 5.74) is 1.82. The average Bonchev–Trinajstić information content (AvgIpc) is 3.25. The van der Waals surface area contributed by atoms with Gasteiger partial charge in [-0.2, -0.15) is 5.26 Å². The number of nitrogens with zero attached hydrogens (tertiary/aromatic N) is 2. The van der Waals surface area contributed by atoms with Gasteiger partial charge in [0, 0.05) is 17.9 Å². The number of rotatable bonds is 6. The smallest absolute Gasteiger partial charge is 0.327 e. The Morgan fingerprint density at radius 2 is 1.43 bits per heavy atom. The molecule has 1 aliphatic heterocycles. The topological polar surface area (TPSA) is 98.5 Å². The summed E-state index contributed by atoms with van der Waals surface area (Å²) in [5, 5.41) is 19.8. The summed E-state index contributed by atoms with van der Waals surface area (Å²) in [6.45, 7) is 5.78. The molecule has 188 valence electrons. The molecule has 6 nitrogen and oxygen atoms in total. The Morgan fingerprint density at radius 3 is 1.95 bits per heavy atom. The number of carbonyl (C=O) groups excluding carboxylic acids is 2. The van der Waals surface area contributed by atoms with Crippen LogP contribution in [0.5, 0.6) is 0 Å². The van der Waals surface area contributed by atoms with Crippen molar-refractivity contribution in [2.45, 2.75) is 45.2 Å². The highest BCUT2D eigenvalue weighted by atomic mass is 16.4. The van der Waals surface area contributed by atoms with Crippen molar-refractivity contribution in [3.63, 3.8) is 0 Å². The van der Waals surface area contributed by atoms with Crippen LogP contribution in [0.25, 0.3) is 0 Å². The zero-order valence-corrected chi connectivity index (χ0v) is 21.2. The van der Waals surface area contributed by atoms with Gasteiger partial charge in [-0.15, -0.1) is 0 Å². The summed E-state index contributed by atoms with van der Waals surface area (Å²) in [6.07, 6.45) is 0.122. The third kappa shape index (κ3) is 5.31. The van der Waals surface area contributed by atoms with Gasteiger partial charge in [0.2, 0.25) is 5.91 Å². The first-order valence-corrected chi connectivity index (χ1v) is 12.3. The Hall–Kier alpha value is -4.24. The molecule has 3 aromatic carbocycles. The van der Waals surface area contributed by atoms with Gasteiger partial charge in [-0.25, -0.2) is 4.79 Å². The van der Waals surface area contributed by atoms with Crippen molar-refractivity contribution in [3.8, 4) is 6.07 Å². The number of carboxylic acid groups (broad SMARTS) is 1. The number of carboxylic acids is 1. The molecule has 0 spiro atoms. The molecule has 0 bridgehead atoms. The van der Waals surface area contributed by atoms with Crippen molar-refractivity contribution >= 4 is 17.7 Å². The molecule has 1 N–H and O–H groups in total. The monoisotopic (exact) mass is 494 g/mol. The number of amides is 1. The predicted molar refractivity (Wildman–Crippen MR) is 140 cm³/mol. The van der Waals surface area contributed by atoms with E-state index < -0.39 is 29.9 Å². The van der Waals surface area contributed by atoms with E-state index in [2.05, 4.69) is 6.07 Å². The Labute approximate surface area is 217 Å². The van der Waals surface area contributed by atoms with E-state index in [9.17, 15) is 24.8 Å². The molecule has 4 atom stereocenters. The molecular formula is C31H30N2O4. The first kappa shape index (κ1) is 25.8. The van der Waals surface area contributed by atoms with Crippen LogP contribution in [0, 0.1) is 22.7 Å². The minimum absolute atomic E-state index is 0.122. The summed E-state index contributed by atoms with van der Waals surface area (Å²) < 4.78 is 0. The molecular weight excluding hydrogens is 464 g/mol. The number of carbonyl (C=O) groups is 3. The Bertz CT molecular complexity index is 1320. The van der Waals surface area contributed by atoms with Gasteiger partial charge in [0.15, 0.2) is 5.78 Å². The molecule has 0 aliphatic carbocycles. The van der Waals surface area contributed by atoms with Crippen molar-refractivity contribution in [1.29, 1.82) is 5.26 Å². The van der Waals surface area contributed by atoms with Crippen LogP contribution < -0.4 is 0 Å². The summed E-state index contributed by atoms with van der Waals surface area (Å²) in [7, 11) is 0. The van der Waals surface area contributed by atoms with E-state index >= 15 is 0 Å². The van der Waals surface area contributed by atoms with Crippen LogP contribution in [-0.2, 0) is 9.59 Å². The van der Waals surface area contributed by atoms with Gasteiger partial charge in [-0.05, 0) is 28.7 Å². The molecule has 4 rings (SSSR count). The SMILES string of the molecule is CC(C)(C)CC(=O)N1C(C(=O)O)C(c2ccccc2)C(C(=O)c2ccccc2)C1c1ccc(C#N)cc1. The third-order valence-corrected chi connectivity index (χ3v) is 6.82. The summed E-state index contributed by atoms with van der Waals surface area (Å²) in [5.74, 6) is -3.31. The molecule has 1 fully saturated rings. The largest absolute Gasteiger partial charge is 0.480 e. The fourth-order valence-corrected chi connectivity index (χ4v) is 5.33. The minimum atomic E-state index is -1.24. The fraction of sp³-hybridized carbons (Fsp3) is 0.290. The summed E-state index contributed by atoms with van der Waals surface area (Å²) in [6, 6.07) is 24.6. The van der Waals surface area contributed by atoms with E-state index in [0.717, 1.165) is 0 Å². The lowest BCUT2D eigenvalue weighted by Crippen LogP contribution is -2.44. The number of aliphatic carboxylic acids is 1. The van der Waals surface area contributed by atoms with Crippen molar-refractivity contribution in [2.24, 2.45) is 11.3 Å². The van der Waals surface area contributed by atoms with Crippen LogP contribution in [0.3, 0.4) is 0 Å². The van der Waals surface area contributed by atoms with Crippen LogP contribution in [0.4, 0.5) is 0 Å². The van der Waals surface area contributed by atoms with E-state index in [4.69, 9.17) is 0 Å². The molecule has 0 saturated carbocycles. The first-order chi connectivity index (χ1) is 17.6. The molecule has 0 aromatic heterocycles. The second-order valence-electron chi connectivity index (χ2n) is 10.7. The van der Waals surface area contributed by atoms with Crippen LogP contribution in [0.1, 0.15) is 66.2 Å². The molecule has 4 unspecified atom stereocenters. The Kier molecular flexibility index (Phi) is 7.26.